The molecule has 1 aliphatic heterocycles. The highest BCUT2D eigenvalue weighted by atomic mass is 35.5. The van der Waals surface area contributed by atoms with E-state index in [-0.39, 0.29) is 22.4 Å². The Morgan fingerprint density at radius 3 is 2.26 bits per heavy atom. The monoisotopic (exact) mass is 360 g/mol. The van der Waals surface area contributed by atoms with E-state index in [1.807, 2.05) is 0 Å². The van der Waals surface area contributed by atoms with Gasteiger partial charge in [-0.2, -0.15) is 0 Å². The maximum Gasteiger partial charge on any atom is 0.258 e. The fourth-order valence-electron chi connectivity index (χ4n) is 2.46. The van der Waals surface area contributed by atoms with Crippen LogP contribution in [0.2, 0.25) is 5.02 Å². The Balaban J connectivity index is 2.05. The number of halogens is 3. The Morgan fingerprint density at radius 1 is 1.17 bits per heavy atom. The molecule has 23 heavy (non-hydrogen) atoms. The van der Waals surface area contributed by atoms with Crippen molar-refractivity contribution in [3.05, 3.63) is 34.6 Å². The van der Waals surface area contributed by atoms with E-state index in [2.05, 4.69) is 0 Å². The second-order valence-corrected chi connectivity index (χ2v) is 6.87. The van der Waals surface area contributed by atoms with Crippen molar-refractivity contribution in [1.82, 2.24) is 9.80 Å². The molecule has 1 aromatic carbocycles. The molecule has 0 radical (unpaired) electrons. The van der Waals surface area contributed by atoms with Crippen LogP contribution >= 0.6 is 23.2 Å². The summed E-state index contributed by atoms with van der Waals surface area (Å²) in [5.74, 6) is -0.889. The molecular weight excluding hydrogens is 342 g/mol. The first-order valence-electron chi connectivity index (χ1n) is 7.36. The summed E-state index contributed by atoms with van der Waals surface area (Å²) >= 11 is 11.8. The first-order valence-corrected chi connectivity index (χ1v) is 8.28. The molecule has 7 heteroatoms. The Morgan fingerprint density at radius 2 is 1.74 bits per heavy atom. The van der Waals surface area contributed by atoms with Crippen LogP contribution in [-0.4, -0.2) is 53.7 Å². The molecular formula is C16H19Cl2FN2O2. The third kappa shape index (κ3) is 3.78. The molecule has 1 aromatic rings. The zero-order valence-electron chi connectivity index (χ0n) is 13.1. The number of alkyl halides is 1. The molecule has 0 atom stereocenters. The maximum absolute atomic E-state index is 13.9. The van der Waals surface area contributed by atoms with Crippen LogP contribution in [0.5, 0.6) is 0 Å². The molecule has 2 rings (SSSR count). The topological polar surface area (TPSA) is 40.6 Å². The summed E-state index contributed by atoms with van der Waals surface area (Å²) in [5, 5.41) is 0.0942. The van der Waals surface area contributed by atoms with Crippen molar-refractivity contribution >= 4 is 35.0 Å². The van der Waals surface area contributed by atoms with Gasteiger partial charge in [-0.05, 0) is 26.0 Å². The van der Waals surface area contributed by atoms with Gasteiger partial charge in [-0.3, -0.25) is 9.59 Å². The zero-order valence-corrected chi connectivity index (χ0v) is 14.6. The predicted molar refractivity (Wildman–Crippen MR) is 88.4 cm³/mol. The molecule has 4 nitrogen and oxygen atoms in total. The van der Waals surface area contributed by atoms with Gasteiger partial charge in [0.05, 0.1) is 16.0 Å². The van der Waals surface area contributed by atoms with Gasteiger partial charge in [-0.25, -0.2) is 4.39 Å². The number of hydrogen-bond acceptors (Lipinski definition) is 2. The minimum atomic E-state index is -0.636. The van der Waals surface area contributed by atoms with Gasteiger partial charge >= 0.3 is 0 Å². The van der Waals surface area contributed by atoms with E-state index in [1.165, 1.54) is 23.1 Å². The van der Waals surface area contributed by atoms with Crippen molar-refractivity contribution in [3.63, 3.8) is 0 Å². The predicted octanol–water partition coefficient (Wildman–Crippen LogP) is 3.03. The lowest BCUT2D eigenvalue weighted by atomic mass is 9.94. The summed E-state index contributed by atoms with van der Waals surface area (Å²) in [5.41, 5.74) is -0.752. The lowest BCUT2D eigenvalue weighted by molar-refractivity contribution is -0.140. The maximum atomic E-state index is 13.9. The Labute approximate surface area is 145 Å². The molecule has 0 N–H and O–H groups in total. The molecule has 0 unspecified atom stereocenters. The minimum Gasteiger partial charge on any atom is -0.339 e. The second kappa shape index (κ2) is 7.05. The van der Waals surface area contributed by atoms with Crippen molar-refractivity contribution in [2.45, 2.75) is 13.8 Å². The smallest absolute Gasteiger partial charge is 0.258 e. The summed E-state index contributed by atoms with van der Waals surface area (Å²) in [6.07, 6.45) is 0. The normalized spacial score (nSPS) is 15.7. The van der Waals surface area contributed by atoms with Gasteiger partial charge in [0.1, 0.15) is 5.82 Å². The molecule has 1 aliphatic rings. The van der Waals surface area contributed by atoms with Gasteiger partial charge < -0.3 is 9.80 Å². The van der Waals surface area contributed by atoms with Gasteiger partial charge in [0.2, 0.25) is 5.91 Å². The number of nitrogens with zero attached hydrogens (tertiary/aromatic N) is 2. The lowest BCUT2D eigenvalue weighted by Crippen LogP contribution is -2.53. The third-order valence-electron chi connectivity index (χ3n) is 3.94. The average Bonchev–Trinajstić information content (AvgIpc) is 2.54. The molecule has 0 aromatic heterocycles. The molecule has 1 saturated heterocycles. The molecule has 0 spiro atoms. The van der Waals surface area contributed by atoms with Gasteiger partial charge in [0, 0.05) is 32.1 Å². The number of amides is 2. The minimum absolute atomic E-state index is 0.0384. The van der Waals surface area contributed by atoms with Crippen LogP contribution in [0.25, 0.3) is 0 Å². The quantitative estimate of drug-likeness (QED) is 0.777. The van der Waals surface area contributed by atoms with E-state index < -0.39 is 17.1 Å². The van der Waals surface area contributed by atoms with E-state index in [0.717, 1.165) is 0 Å². The van der Waals surface area contributed by atoms with Crippen LogP contribution in [0.15, 0.2) is 18.2 Å². The van der Waals surface area contributed by atoms with E-state index in [1.54, 1.807) is 18.7 Å². The van der Waals surface area contributed by atoms with Gasteiger partial charge in [-0.1, -0.05) is 17.7 Å². The lowest BCUT2D eigenvalue weighted by Gasteiger charge is -2.38. The zero-order chi connectivity index (χ0) is 17.2. The Kier molecular flexibility index (Phi) is 5.53. The van der Waals surface area contributed by atoms with Crippen molar-refractivity contribution < 1.29 is 14.0 Å². The van der Waals surface area contributed by atoms with Crippen LogP contribution in [0.3, 0.4) is 0 Å². The molecule has 1 fully saturated rings. The molecule has 1 heterocycles. The number of rotatable bonds is 3. The standard InChI is InChI=1S/C16H19Cl2FN2O2/c1-16(2,10-17)15(23)21-8-6-20(7-9-21)14(22)13-11(18)4-3-5-12(13)19/h3-5H,6-10H2,1-2H3. The first kappa shape index (κ1) is 18.0. The number of carbonyl (C=O) groups excluding carboxylic acids is 2. The summed E-state index contributed by atoms with van der Waals surface area (Å²) in [4.78, 5) is 28.0. The van der Waals surface area contributed by atoms with Crippen molar-refractivity contribution in [1.29, 1.82) is 0 Å². The summed E-state index contributed by atoms with van der Waals surface area (Å²) < 4.78 is 13.9. The van der Waals surface area contributed by atoms with Crippen molar-refractivity contribution in [2.24, 2.45) is 5.41 Å². The van der Waals surface area contributed by atoms with Crippen LogP contribution < -0.4 is 0 Å². The van der Waals surface area contributed by atoms with Crippen LogP contribution in [-0.2, 0) is 4.79 Å². The summed E-state index contributed by atoms with van der Waals surface area (Å²) in [6, 6.07) is 4.15. The molecule has 126 valence electrons. The average molecular weight is 361 g/mol. The Bertz CT molecular complexity index is 594. The van der Waals surface area contributed by atoms with Gasteiger partial charge in [0.25, 0.3) is 5.91 Å². The molecule has 0 saturated carbocycles. The highest BCUT2D eigenvalue weighted by Crippen LogP contribution is 2.24. The fourth-order valence-corrected chi connectivity index (χ4v) is 2.82. The van der Waals surface area contributed by atoms with E-state index in [0.29, 0.717) is 26.2 Å². The molecule has 0 aliphatic carbocycles. The van der Waals surface area contributed by atoms with Crippen molar-refractivity contribution in [2.75, 3.05) is 32.1 Å². The highest BCUT2D eigenvalue weighted by Gasteiger charge is 2.34. The molecule has 2 amide bonds. The number of hydrogen-bond donors (Lipinski definition) is 0. The molecule has 0 bridgehead atoms. The van der Waals surface area contributed by atoms with Gasteiger partial charge in [-0.15, -0.1) is 11.6 Å². The number of piperazine rings is 1. The number of carbonyl (C=O) groups is 2. The summed E-state index contributed by atoms with van der Waals surface area (Å²) in [7, 11) is 0. The van der Waals surface area contributed by atoms with Crippen molar-refractivity contribution in [3.8, 4) is 0 Å². The number of benzene rings is 1. The summed E-state index contributed by atoms with van der Waals surface area (Å²) in [6.45, 7) is 5.06. The van der Waals surface area contributed by atoms with E-state index in [9.17, 15) is 14.0 Å². The largest absolute Gasteiger partial charge is 0.339 e. The fraction of sp³-hybridized carbons (Fsp3) is 0.500. The van der Waals surface area contributed by atoms with Crippen LogP contribution in [0.4, 0.5) is 4.39 Å². The van der Waals surface area contributed by atoms with E-state index >= 15 is 0 Å². The third-order valence-corrected chi connectivity index (χ3v) is 4.93. The second-order valence-electron chi connectivity index (χ2n) is 6.20. The van der Waals surface area contributed by atoms with Gasteiger partial charge in [0.15, 0.2) is 0 Å². The highest BCUT2D eigenvalue weighted by molar-refractivity contribution is 6.33. The van der Waals surface area contributed by atoms with E-state index in [4.69, 9.17) is 23.2 Å². The first-order chi connectivity index (χ1) is 10.8. The SMILES string of the molecule is CC(C)(CCl)C(=O)N1CCN(C(=O)c2c(F)cccc2Cl)CC1. The Hall–Kier alpha value is -1.33. The van der Waals surface area contributed by atoms with Crippen LogP contribution in [0.1, 0.15) is 24.2 Å². The van der Waals surface area contributed by atoms with Crippen LogP contribution in [0, 0.1) is 11.2 Å².